The minimum atomic E-state index is -0.763. The van der Waals surface area contributed by atoms with Crippen molar-refractivity contribution in [2.75, 3.05) is 26.7 Å². The SMILES string of the molecule is COc1ccc([C@@H](O)[C@H](CN2CCCCCC2)c2ccccc2)cc1F. The van der Waals surface area contributed by atoms with Gasteiger partial charge in [0.05, 0.1) is 13.2 Å². The Morgan fingerprint density at radius 1 is 1.00 bits per heavy atom. The fourth-order valence-electron chi connectivity index (χ4n) is 3.78. The van der Waals surface area contributed by atoms with Crippen molar-refractivity contribution in [3.8, 4) is 5.75 Å². The summed E-state index contributed by atoms with van der Waals surface area (Å²) in [6, 6.07) is 14.8. The number of ether oxygens (including phenoxy) is 1. The normalized spacial score (nSPS) is 18.1. The van der Waals surface area contributed by atoms with Crippen LogP contribution in [0.5, 0.6) is 5.75 Å². The van der Waals surface area contributed by atoms with Gasteiger partial charge in [-0.15, -0.1) is 0 Å². The van der Waals surface area contributed by atoms with Crippen LogP contribution in [0.15, 0.2) is 48.5 Å². The molecule has 2 aromatic carbocycles. The smallest absolute Gasteiger partial charge is 0.165 e. The number of hydrogen-bond donors (Lipinski definition) is 1. The van der Waals surface area contributed by atoms with Crippen LogP contribution in [0.2, 0.25) is 0 Å². The molecule has 0 saturated carbocycles. The van der Waals surface area contributed by atoms with Crippen LogP contribution < -0.4 is 4.74 Å². The Labute approximate surface area is 155 Å². The number of halogens is 1. The summed E-state index contributed by atoms with van der Waals surface area (Å²) in [7, 11) is 1.45. The predicted octanol–water partition coefficient (Wildman–Crippen LogP) is 4.53. The van der Waals surface area contributed by atoms with E-state index in [9.17, 15) is 9.50 Å². The zero-order valence-corrected chi connectivity index (χ0v) is 15.4. The number of methoxy groups -OCH3 is 1. The van der Waals surface area contributed by atoms with E-state index >= 15 is 0 Å². The fraction of sp³-hybridized carbons (Fsp3) is 0.455. The molecule has 0 bridgehead atoms. The largest absolute Gasteiger partial charge is 0.494 e. The Kier molecular flexibility index (Phi) is 6.64. The molecule has 4 heteroatoms. The molecule has 0 spiro atoms. The van der Waals surface area contributed by atoms with Gasteiger partial charge in [-0.2, -0.15) is 0 Å². The summed E-state index contributed by atoms with van der Waals surface area (Å²) < 4.78 is 19.1. The molecule has 1 aliphatic heterocycles. The second-order valence-electron chi connectivity index (χ2n) is 7.07. The maximum atomic E-state index is 14.1. The highest BCUT2D eigenvalue weighted by Gasteiger charge is 2.26. The molecule has 2 atom stereocenters. The Balaban J connectivity index is 1.85. The highest BCUT2D eigenvalue weighted by Crippen LogP contribution is 2.34. The van der Waals surface area contributed by atoms with Gasteiger partial charge in [0.15, 0.2) is 11.6 Å². The first-order valence-electron chi connectivity index (χ1n) is 9.48. The molecule has 1 N–H and O–H groups in total. The Bertz CT molecular complexity index is 684. The average molecular weight is 357 g/mol. The van der Waals surface area contributed by atoms with Crippen LogP contribution in [0, 0.1) is 5.82 Å². The highest BCUT2D eigenvalue weighted by molar-refractivity contribution is 5.33. The molecule has 1 fully saturated rings. The second-order valence-corrected chi connectivity index (χ2v) is 7.07. The lowest BCUT2D eigenvalue weighted by Gasteiger charge is -2.30. The summed E-state index contributed by atoms with van der Waals surface area (Å²) in [5.74, 6) is -0.336. The van der Waals surface area contributed by atoms with Crippen molar-refractivity contribution < 1.29 is 14.2 Å². The highest BCUT2D eigenvalue weighted by atomic mass is 19.1. The van der Waals surface area contributed by atoms with Crippen LogP contribution in [-0.2, 0) is 0 Å². The van der Waals surface area contributed by atoms with Gasteiger partial charge in [0.25, 0.3) is 0 Å². The van der Waals surface area contributed by atoms with Gasteiger partial charge >= 0.3 is 0 Å². The Hall–Kier alpha value is -1.91. The van der Waals surface area contributed by atoms with Gasteiger partial charge in [0.1, 0.15) is 0 Å². The van der Waals surface area contributed by atoms with E-state index in [0.29, 0.717) is 5.56 Å². The van der Waals surface area contributed by atoms with Crippen molar-refractivity contribution in [3.05, 3.63) is 65.5 Å². The van der Waals surface area contributed by atoms with Crippen molar-refractivity contribution >= 4 is 0 Å². The van der Waals surface area contributed by atoms with Crippen LogP contribution in [0.25, 0.3) is 0 Å². The summed E-state index contributed by atoms with van der Waals surface area (Å²) in [5.41, 5.74) is 1.67. The molecule has 1 heterocycles. The van der Waals surface area contributed by atoms with Gasteiger partial charge in [-0.3, -0.25) is 0 Å². The van der Waals surface area contributed by atoms with Crippen molar-refractivity contribution in [3.63, 3.8) is 0 Å². The lowest BCUT2D eigenvalue weighted by Crippen LogP contribution is -2.32. The third-order valence-electron chi connectivity index (χ3n) is 5.28. The third-order valence-corrected chi connectivity index (χ3v) is 5.28. The summed E-state index contributed by atoms with van der Waals surface area (Å²) in [5, 5.41) is 11.1. The topological polar surface area (TPSA) is 32.7 Å². The fourth-order valence-corrected chi connectivity index (χ4v) is 3.78. The molecular formula is C22H28FNO2. The summed E-state index contributed by atoms with van der Waals surface area (Å²) in [6.07, 6.45) is 4.20. The number of benzene rings is 2. The van der Waals surface area contributed by atoms with Gasteiger partial charge in [0, 0.05) is 12.5 Å². The molecule has 1 saturated heterocycles. The minimum absolute atomic E-state index is 0.0953. The summed E-state index contributed by atoms with van der Waals surface area (Å²) in [6.45, 7) is 2.90. The van der Waals surface area contributed by atoms with Crippen molar-refractivity contribution in [2.24, 2.45) is 0 Å². The van der Waals surface area contributed by atoms with Gasteiger partial charge < -0.3 is 14.7 Å². The number of nitrogens with zero attached hydrogens (tertiary/aromatic N) is 1. The Morgan fingerprint density at radius 2 is 1.69 bits per heavy atom. The van der Waals surface area contributed by atoms with E-state index in [1.807, 2.05) is 30.3 Å². The molecule has 0 amide bonds. The van der Waals surface area contributed by atoms with Crippen LogP contribution in [0.4, 0.5) is 4.39 Å². The lowest BCUT2D eigenvalue weighted by molar-refractivity contribution is 0.117. The summed E-state index contributed by atoms with van der Waals surface area (Å²) >= 11 is 0. The van der Waals surface area contributed by atoms with E-state index < -0.39 is 11.9 Å². The number of aliphatic hydroxyl groups is 1. The van der Waals surface area contributed by atoms with Crippen molar-refractivity contribution in [1.29, 1.82) is 0 Å². The number of aliphatic hydroxyl groups excluding tert-OH is 1. The van der Waals surface area contributed by atoms with Gasteiger partial charge in [0.2, 0.25) is 0 Å². The summed E-state index contributed by atoms with van der Waals surface area (Å²) in [4.78, 5) is 2.44. The van der Waals surface area contributed by atoms with Crippen LogP contribution in [0.1, 0.15) is 48.8 Å². The van der Waals surface area contributed by atoms with Crippen molar-refractivity contribution in [1.82, 2.24) is 4.90 Å². The lowest BCUT2D eigenvalue weighted by atomic mass is 9.88. The molecule has 0 aromatic heterocycles. The van der Waals surface area contributed by atoms with Crippen LogP contribution >= 0.6 is 0 Å². The van der Waals surface area contributed by atoms with Gasteiger partial charge in [-0.1, -0.05) is 49.2 Å². The van der Waals surface area contributed by atoms with E-state index in [0.717, 1.165) is 25.2 Å². The van der Waals surface area contributed by atoms with Gasteiger partial charge in [-0.25, -0.2) is 4.39 Å². The average Bonchev–Trinajstić information content (AvgIpc) is 2.95. The molecule has 1 aliphatic rings. The van der Waals surface area contributed by atoms with Crippen molar-refractivity contribution in [2.45, 2.75) is 37.7 Å². The first kappa shape index (κ1) is 18.9. The minimum Gasteiger partial charge on any atom is -0.494 e. The van der Waals surface area contributed by atoms with E-state index in [1.165, 1.54) is 38.9 Å². The number of likely N-dealkylation sites (tertiary alicyclic amines) is 1. The van der Waals surface area contributed by atoms with Gasteiger partial charge in [-0.05, 0) is 49.2 Å². The first-order valence-corrected chi connectivity index (χ1v) is 9.48. The molecule has 0 radical (unpaired) electrons. The quantitative estimate of drug-likeness (QED) is 0.825. The molecule has 3 nitrogen and oxygen atoms in total. The van der Waals surface area contributed by atoms with Crippen LogP contribution in [-0.4, -0.2) is 36.8 Å². The second kappa shape index (κ2) is 9.15. The maximum Gasteiger partial charge on any atom is 0.165 e. The molecule has 26 heavy (non-hydrogen) atoms. The molecule has 0 unspecified atom stereocenters. The zero-order valence-electron chi connectivity index (χ0n) is 15.4. The maximum absolute atomic E-state index is 14.1. The number of rotatable bonds is 6. The van der Waals surface area contributed by atoms with E-state index in [4.69, 9.17) is 4.74 Å². The van der Waals surface area contributed by atoms with E-state index in [-0.39, 0.29) is 11.7 Å². The molecule has 2 aromatic rings. The molecular weight excluding hydrogens is 329 g/mol. The number of hydrogen-bond acceptors (Lipinski definition) is 3. The van der Waals surface area contributed by atoms with E-state index in [2.05, 4.69) is 4.90 Å². The molecule has 140 valence electrons. The van der Waals surface area contributed by atoms with Crippen LogP contribution in [0.3, 0.4) is 0 Å². The Morgan fingerprint density at radius 3 is 2.31 bits per heavy atom. The van der Waals surface area contributed by atoms with E-state index in [1.54, 1.807) is 12.1 Å². The third kappa shape index (κ3) is 4.63. The standard InChI is InChI=1S/C22H28FNO2/c1-26-21-12-11-18(15-20(21)23)22(25)19(17-9-5-4-6-10-17)16-24-13-7-2-3-8-14-24/h4-6,9-12,15,19,22,25H,2-3,7-8,13-14,16H2,1H3/t19-,22-/m1/s1. The first-order chi connectivity index (χ1) is 12.7. The monoisotopic (exact) mass is 357 g/mol. The predicted molar refractivity (Wildman–Crippen MR) is 102 cm³/mol. The zero-order chi connectivity index (χ0) is 18.4. The molecule has 3 rings (SSSR count). The molecule has 0 aliphatic carbocycles.